The highest BCUT2D eigenvalue weighted by Gasteiger charge is 2.15. The van der Waals surface area contributed by atoms with E-state index in [4.69, 9.17) is 4.98 Å². The van der Waals surface area contributed by atoms with Crippen LogP contribution < -0.4 is 5.32 Å². The zero-order valence-corrected chi connectivity index (χ0v) is 18.3. The van der Waals surface area contributed by atoms with Crippen molar-refractivity contribution in [2.75, 3.05) is 11.1 Å². The molecule has 7 heteroatoms. The molecule has 0 fully saturated rings. The molecule has 0 atom stereocenters. The van der Waals surface area contributed by atoms with E-state index in [0.717, 1.165) is 58.3 Å². The lowest BCUT2D eigenvalue weighted by molar-refractivity contribution is -0.113. The molecule has 1 N–H and O–H groups in total. The Hall–Kier alpha value is -2.93. The van der Waals surface area contributed by atoms with Crippen molar-refractivity contribution in [1.82, 2.24) is 19.7 Å². The van der Waals surface area contributed by atoms with Gasteiger partial charge in [0, 0.05) is 17.6 Å². The molecule has 0 aliphatic heterocycles. The molecule has 2 aromatic heterocycles. The van der Waals surface area contributed by atoms with Gasteiger partial charge in [-0.2, -0.15) is 0 Å². The first kappa shape index (κ1) is 20.3. The molecule has 0 radical (unpaired) electrons. The maximum Gasteiger partial charge on any atom is 0.234 e. The zero-order chi connectivity index (χ0) is 21.1. The molecule has 2 aromatic carbocycles. The number of carbonyl (C=O) groups excluding carboxylic acids is 1. The molecule has 0 aliphatic carbocycles. The number of aromatic nitrogens is 4. The SMILES string of the molecule is CCc1cccc(CC)c1NC(=O)CSc1nnc2c3ccccc3n(CC)c2n1. The number of benzene rings is 2. The van der Waals surface area contributed by atoms with E-state index in [2.05, 4.69) is 59.1 Å². The fraction of sp³-hybridized carbons (Fsp3) is 0.304. The van der Waals surface area contributed by atoms with Gasteiger partial charge in [0.2, 0.25) is 11.1 Å². The Labute approximate surface area is 180 Å². The minimum atomic E-state index is -0.0599. The largest absolute Gasteiger partial charge is 0.325 e. The van der Waals surface area contributed by atoms with Crippen LogP contribution in [0.4, 0.5) is 5.69 Å². The van der Waals surface area contributed by atoms with Crippen molar-refractivity contribution in [2.24, 2.45) is 0 Å². The number of nitrogens with one attached hydrogen (secondary N) is 1. The fourth-order valence-corrected chi connectivity index (χ4v) is 4.36. The van der Waals surface area contributed by atoms with E-state index in [9.17, 15) is 4.79 Å². The van der Waals surface area contributed by atoms with Gasteiger partial charge in [0.15, 0.2) is 5.65 Å². The van der Waals surface area contributed by atoms with E-state index in [1.165, 1.54) is 11.8 Å². The van der Waals surface area contributed by atoms with E-state index in [-0.39, 0.29) is 11.7 Å². The van der Waals surface area contributed by atoms with E-state index in [1.54, 1.807) is 0 Å². The van der Waals surface area contributed by atoms with Gasteiger partial charge in [-0.1, -0.05) is 62.0 Å². The van der Waals surface area contributed by atoms with Crippen molar-refractivity contribution in [3.63, 3.8) is 0 Å². The van der Waals surface area contributed by atoms with Crippen LogP contribution in [0.15, 0.2) is 47.6 Å². The smallest absolute Gasteiger partial charge is 0.234 e. The molecule has 6 nitrogen and oxygen atoms in total. The Kier molecular flexibility index (Phi) is 5.99. The highest BCUT2D eigenvalue weighted by atomic mass is 32.2. The summed E-state index contributed by atoms with van der Waals surface area (Å²) in [7, 11) is 0. The number of nitrogens with zero attached hydrogens (tertiary/aromatic N) is 4. The minimum absolute atomic E-state index is 0.0599. The number of anilines is 1. The van der Waals surface area contributed by atoms with Gasteiger partial charge < -0.3 is 9.88 Å². The van der Waals surface area contributed by atoms with E-state index in [1.807, 2.05) is 24.3 Å². The lowest BCUT2D eigenvalue weighted by atomic mass is 10.0. The highest BCUT2D eigenvalue weighted by molar-refractivity contribution is 7.99. The zero-order valence-electron chi connectivity index (χ0n) is 17.5. The van der Waals surface area contributed by atoms with Gasteiger partial charge in [-0.05, 0) is 37.0 Å². The van der Waals surface area contributed by atoms with Crippen molar-refractivity contribution in [3.8, 4) is 0 Å². The molecule has 0 bridgehead atoms. The molecule has 2 heterocycles. The number of thioether (sulfide) groups is 1. The number of para-hydroxylation sites is 2. The molecule has 0 saturated heterocycles. The molecule has 0 aliphatic rings. The summed E-state index contributed by atoms with van der Waals surface area (Å²) in [5.41, 5.74) is 5.94. The van der Waals surface area contributed by atoms with Gasteiger partial charge in [-0.3, -0.25) is 4.79 Å². The van der Waals surface area contributed by atoms with Crippen LogP contribution in [0.25, 0.3) is 22.1 Å². The van der Waals surface area contributed by atoms with Crippen LogP contribution in [-0.4, -0.2) is 31.4 Å². The van der Waals surface area contributed by atoms with Crippen LogP contribution in [0.1, 0.15) is 31.9 Å². The van der Waals surface area contributed by atoms with E-state index >= 15 is 0 Å². The standard InChI is InChI=1S/C23H25N5OS/c1-4-15-10-9-11-16(5-2)20(15)24-19(29)14-30-23-25-22-21(26-27-23)17-12-7-8-13-18(17)28(22)6-3/h7-13H,4-6,14H2,1-3H3,(H,24,29). The van der Waals surface area contributed by atoms with Gasteiger partial charge >= 0.3 is 0 Å². The minimum Gasteiger partial charge on any atom is -0.325 e. The predicted molar refractivity (Wildman–Crippen MR) is 123 cm³/mol. The first-order valence-corrected chi connectivity index (χ1v) is 11.3. The van der Waals surface area contributed by atoms with Crippen molar-refractivity contribution in [1.29, 1.82) is 0 Å². The molecule has 30 heavy (non-hydrogen) atoms. The Morgan fingerprint density at radius 2 is 1.73 bits per heavy atom. The van der Waals surface area contributed by atoms with Crippen LogP contribution in [-0.2, 0) is 24.2 Å². The third-order valence-electron chi connectivity index (χ3n) is 5.27. The normalized spacial score (nSPS) is 11.3. The van der Waals surface area contributed by atoms with Crippen LogP contribution >= 0.6 is 11.8 Å². The maximum atomic E-state index is 12.6. The predicted octanol–water partition coefficient (Wildman–Crippen LogP) is 4.86. The summed E-state index contributed by atoms with van der Waals surface area (Å²) in [4.78, 5) is 17.3. The Morgan fingerprint density at radius 3 is 2.43 bits per heavy atom. The first-order valence-electron chi connectivity index (χ1n) is 10.3. The molecule has 1 amide bonds. The number of amides is 1. The monoisotopic (exact) mass is 419 g/mol. The summed E-state index contributed by atoms with van der Waals surface area (Å²) in [6.45, 7) is 7.08. The average molecular weight is 420 g/mol. The van der Waals surface area contributed by atoms with Crippen molar-refractivity contribution in [3.05, 3.63) is 53.6 Å². The Bertz CT molecular complexity index is 1190. The van der Waals surface area contributed by atoms with Gasteiger partial charge in [0.05, 0.1) is 11.3 Å². The van der Waals surface area contributed by atoms with Gasteiger partial charge in [-0.15, -0.1) is 10.2 Å². The number of aryl methyl sites for hydroxylation is 3. The molecular formula is C23H25N5OS. The van der Waals surface area contributed by atoms with Crippen LogP contribution in [0.3, 0.4) is 0 Å². The summed E-state index contributed by atoms with van der Waals surface area (Å²) >= 11 is 1.31. The lowest BCUT2D eigenvalue weighted by Gasteiger charge is -2.14. The summed E-state index contributed by atoms with van der Waals surface area (Å²) < 4.78 is 2.13. The number of rotatable bonds is 7. The molecule has 0 spiro atoms. The molecule has 0 unspecified atom stereocenters. The molecule has 4 rings (SSSR count). The van der Waals surface area contributed by atoms with Gasteiger partial charge in [-0.25, -0.2) is 4.98 Å². The number of carbonyl (C=O) groups is 1. The third kappa shape index (κ3) is 3.77. The second-order valence-electron chi connectivity index (χ2n) is 7.02. The second kappa shape index (κ2) is 8.83. The average Bonchev–Trinajstić information content (AvgIpc) is 3.10. The van der Waals surface area contributed by atoms with Gasteiger partial charge in [0.25, 0.3) is 0 Å². The highest BCUT2D eigenvalue weighted by Crippen LogP contribution is 2.27. The molecular weight excluding hydrogens is 394 g/mol. The van der Waals surface area contributed by atoms with Crippen LogP contribution in [0, 0.1) is 0 Å². The fourth-order valence-electron chi connectivity index (χ4n) is 3.78. The van der Waals surface area contributed by atoms with E-state index < -0.39 is 0 Å². The number of hydrogen-bond acceptors (Lipinski definition) is 5. The van der Waals surface area contributed by atoms with Crippen LogP contribution in [0.2, 0.25) is 0 Å². The topological polar surface area (TPSA) is 72.7 Å². The molecule has 0 saturated carbocycles. The number of hydrogen-bond donors (Lipinski definition) is 1. The molecule has 154 valence electrons. The van der Waals surface area contributed by atoms with Gasteiger partial charge in [0.1, 0.15) is 5.52 Å². The second-order valence-corrected chi connectivity index (χ2v) is 7.97. The Balaban J connectivity index is 1.54. The number of fused-ring (bicyclic) bond motifs is 3. The lowest BCUT2D eigenvalue weighted by Crippen LogP contribution is -2.17. The summed E-state index contributed by atoms with van der Waals surface area (Å²) in [6, 6.07) is 14.3. The Morgan fingerprint density at radius 1 is 1.00 bits per heavy atom. The maximum absolute atomic E-state index is 12.6. The summed E-state index contributed by atoms with van der Waals surface area (Å²) in [6.07, 6.45) is 1.75. The van der Waals surface area contributed by atoms with Crippen molar-refractivity contribution < 1.29 is 4.79 Å². The van der Waals surface area contributed by atoms with Crippen LogP contribution in [0.5, 0.6) is 0 Å². The third-order valence-corrected chi connectivity index (χ3v) is 6.10. The summed E-state index contributed by atoms with van der Waals surface area (Å²) in [5, 5.41) is 13.3. The van der Waals surface area contributed by atoms with E-state index in [0.29, 0.717) is 5.16 Å². The quantitative estimate of drug-likeness (QED) is 0.433. The summed E-state index contributed by atoms with van der Waals surface area (Å²) in [5.74, 6) is 0.177. The molecule has 4 aromatic rings. The van der Waals surface area contributed by atoms with Crippen molar-refractivity contribution in [2.45, 2.75) is 45.3 Å². The first-order chi connectivity index (χ1) is 14.7. The van der Waals surface area contributed by atoms with Crippen molar-refractivity contribution >= 4 is 45.4 Å².